The Kier molecular flexibility index (Phi) is 12.1. The molecule has 0 aliphatic carbocycles. The minimum atomic E-state index is -0.250. The Morgan fingerprint density at radius 1 is 0.781 bits per heavy atom. The van der Waals surface area contributed by atoms with Crippen molar-refractivity contribution in [3.05, 3.63) is 28.6 Å². The normalized spacial score (nSPS) is 11.2. The van der Waals surface area contributed by atoms with Crippen molar-refractivity contribution in [2.24, 2.45) is 0 Å². The molecule has 1 heterocycles. The minimum Gasteiger partial charge on any atom is -0.504 e. The first-order valence-electron chi connectivity index (χ1n) is 12.8. The van der Waals surface area contributed by atoms with Gasteiger partial charge in [-0.15, -0.1) is 0 Å². The quantitative estimate of drug-likeness (QED) is 0.261. The van der Waals surface area contributed by atoms with E-state index in [1.165, 1.54) is 38.5 Å². The van der Waals surface area contributed by atoms with Crippen LogP contribution in [0.15, 0.2) is 23.0 Å². The van der Waals surface area contributed by atoms with E-state index in [9.17, 15) is 9.90 Å². The van der Waals surface area contributed by atoms with Gasteiger partial charge in [-0.2, -0.15) is 0 Å². The molecule has 5 nitrogen and oxygen atoms in total. The molecule has 0 saturated carbocycles. The third-order valence-corrected chi connectivity index (χ3v) is 5.92. The highest BCUT2D eigenvalue weighted by atomic mass is 16.5. The summed E-state index contributed by atoms with van der Waals surface area (Å²) in [7, 11) is 0. The average Bonchev–Trinajstić information content (AvgIpc) is 2.80. The number of aryl methyl sites for hydroxylation is 1. The third-order valence-electron chi connectivity index (χ3n) is 5.92. The Morgan fingerprint density at radius 2 is 1.41 bits per heavy atom. The summed E-state index contributed by atoms with van der Waals surface area (Å²) >= 11 is 0. The Bertz CT molecular complexity index is 859. The first-order valence-corrected chi connectivity index (χ1v) is 12.8. The number of nitrogens with zero attached hydrogens (tertiary/aromatic N) is 1. The van der Waals surface area contributed by atoms with Gasteiger partial charge in [0.05, 0.1) is 18.7 Å². The van der Waals surface area contributed by atoms with Gasteiger partial charge in [0.2, 0.25) is 5.75 Å². The minimum absolute atomic E-state index is 0.0604. The lowest BCUT2D eigenvalue weighted by atomic mass is 10.1. The van der Waals surface area contributed by atoms with Gasteiger partial charge in [-0.25, -0.2) is 0 Å². The van der Waals surface area contributed by atoms with Crippen LogP contribution in [0.4, 0.5) is 0 Å². The summed E-state index contributed by atoms with van der Waals surface area (Å²) < 4.78 is 13.4. The van der Waals surface area contributed by atoms with E-state index in [-0.39, 0.29) is 17.1 Å². The molecule has 2 aromatic rings. The SMILES string of the molecule is CCCCCCCCn1c(=O)c(OCCCC)c(O)c2ccc(OCCCCCC)cc21. The lowest BCUT2D eigenvalue weighted by Gasteiger charge is -2.17. The van der Waals surface area contributed by atoms with Gasteiger partial charge in [-0.3, -0.25) is 4.79 Å². The van der Waals surface area contributed by atoms with Crippen molar-refractivity contribution in [3.8, 4) is 17.2 Å². The molecule has 5 heteroatoms. The number of aromatic nitrogens is 1. The monoisotopic (exact) mass is 445 g/mol. The second-order valence-electron chi connectivity index (χ2n) is 8.69. The summed E-state index contributed by atoms with van der Waals surface area (Å²) in [5.74, 6) is 0.754. The van der Waals surface area contributed by atoms with Gasteiger partial charge in [-0.05, 0) is 31.4 Å². The van der Waals surface area contributed by atoms with Crippen LogP contribution in [0.3, 0.4) is 0 Å². The van der Waals surface area contributed by atoms with Gasteiger partial charge >= 0.3 is 0 Å². The van der Waals surface area contributed by atoms with Crippen molar-refractivity contribution >= 4 is 10.9 Å². The highest BCUT2D eigenvalue weighted by molar-refractivity contribution is 5.88. The maximum Gasteiger partial charge on any atom is 0.297 e. The molecule has 0 atom stereocenters. The van der Waals surface area contributed by atoms with Gasteiger partial charge in [0.15, 0.2) is 5.75 Å². The average molecular weight is 446 g/mol. The lowest BCUT2D eigenvalue weighted by Crippen LogP contribution is -2.23. The number of pyridine rings is 1. The molecule has 0 aliphatic heterocycles. The zero-order valence-electron chi connectivity index (χ0n) is 20.5. The molecular formula is C27H43NO4. The van der Waals surface area contributed by atoms with E-state index in [1.807, 2.05) is 18.2 Å². The molecule has 0 amide bonds. The van der Waals surface area contributed by atoms with E-state index in [0.717, 1.165) is 49.8 Å². The van der Waals surface area contributed by atoms with Gasteiger partial charge < -0.3 is 19.1 Å². The van der Waals surface area contributed by atoms with Crippen molar-refractivity contribution in [2.45, 2.75) is 104 Å². The van der Waals surface area contributed by atoms with Crippen molar-refractivity contribution in [2.75, 3.05) is 13.2 Å². The largest absolute Gasteiger partial charge is 0.504 e. The first-order chi connectivity index (χ1) is 15.6. The van der Waals surface area contributed by atoms with Crippen LogP contribution in [0, 0.1) is 0 Å². The Hall–Kier alpha value is -2.17. The van der Waals surface area contributed by atoms with Crippen molar-refractivity contribution < 1.29 is 14.6 Å². The number of hydrogen-bond acceptors (Lipinski definition) is 4. The Morgan fingerprint density at radius 3 is 2.12 bits per heavy atom. The standard InChI is InChI=1S/C27H43NO4/c1-4-7-10-12-13-14-18-28-24-21-22(31-20-15-11-8-5-2)16-17-23(24)25(29)26(27(28)30)32-19-9-6-3/h16-17,21,29H,4-15,18-20H2,1-3H3. The molecule has 32 heavy (non-hydrogen) atoms. The molecule has 0 spiro atoms. The zero-order chi connectivity index (χ0) is 23.2. The predicted molar refractivity (Wildman–Crippen MR) is 133 cm³/mol. The van der Waals surface area contributed by atoms with Crippen LogP contribution < -0.4 is 15.0 Å². The summed E-state index contributed by atoms with van der Waals surface area (Å²) in [5, 5.41) is 11.4. The topological polar surface area (TPSA) is 60.7 Å². The summed E-state index contributed by atoms with van der Waals surface area (Å²) in [6, 6.07) is 5.61. The number of benzene rings is 1. The highest BCUT2D eigenvalue weighted by Crippen LogP contribution is 2.34. The molecule has 1 aromatic carbocycles. The van der Waals surface area contributed by atoms with Crippen molar-refractivity contribution in [3.63, 3.8) is 0 Å². The van der Waals surface area contributed by atoms with Crippen LogP contribution in [0.25, 0.3) is 10.9 Å². The molecule has 0 aliphatic rings. The summed E-state index contributed by atoms with van der Waals surface area (Å²) in [4.78, 5) is 13.2. The number of ether oxygens (including phenoxy) is 2. The number of hydrogen-bond donors (Lipinski definition) is 1. The van der Waals surface area contributed by atoms with Gasteiger partial charge in [0.1, 0.15) is 5.75 Å². The Balaban J connectivity index is 2.26. The molecule has 0 saturated heterocycles. The van der Waals surface area contributed by atoms with E-state index in [1.54, 1.807) is 4.57 Å². The smallest absolute Gasteiger partial charge is 0.297 e. The fourth-order valence-corrected chi connectivity index (χ4v) is 3.92. The molecular weight excluding hydrogens is 402 g/mol. The number of rotatable bonds is 17. The second-order valence-corrected chi connectivity index (χ2v) is 8.69. The molecule has 0 fully saturated rings. The van der Waals surface area contributed by atoms with E-state index < -0.39 is 0 Å². The van der Waals surface area contributed by atoms with Crippen LogP contribution in [0.2, 0.25) is 0 Å². The van der Waals surface area contributed by atoms with Gasteiger partial charge in [0.25, 0.3) is 5.56 Å². The van der Waals surface area contributed by atoms with Crippen LogP contribution in [0.5, 0.6) is 17.2 Å². The second kappa shape index (κ2) is 14.8. The van der Waals surface area contributed by atoms with Crippen LogP contribution in [-0.2, 0) is 6.54 Å². The zero-order valence-corrected chi connectivity index (χ0v) is 20.5. The lowest BCUT2D eigenvalue weighted by molar-refractivity contribution is 0.287. The number of fused-ring (bicyclic) bond motifs is 1. The van der Waals surface area contributed by atoms with E-state index in [2.05, 4.69) is 20.8 Å². The summed E-state index contributed by atoms with van der Waals surface area (Å²) in [6.07, 6.45) is 13.3. The molecule has 0 radical (unpaired) electrons. The van der Waals surface area contributed by atoms with Gasteiger partial charge in [-0.1, -0.05) is 78.6 Å². The van der Waals surface area contributed by atoms with Crippen molar-refractivity contribution in [1.29, 1.82) is 0 Å². The molecule has 0 unspecified atom stereocenters. The van der Waals surface area contributed by atoms with Crippen LogP contribution >= 0.6 is 0 Å². The first kappa shape index (κ1) is 26.1. The molecule has 1 aromatic heterocycles. The molecule has 2 rings (SSSR count). The van der Waals surface area contributed by atoms with Crippen molar-refractivity contribution in [1.82, 2.24) is 4.57 Å². The summed E-state index contributed by atoms with van der Waals surface area (Å²) in [5.41, 5.74) is 0.467. The maximum atomic E-state index is 13.2. The Labute approximate surface area is 193 Å². The summed E-state index contributed by atoms with van der Waals surface area (Å²) in [6.45, 7) is 8.19. The molecule has 180 valence electrons. The maximum absolute atomic E-state index is 13.2. The number of unbranched alkanes of at least 4 members (excludes halogenated alkanes) is 9. The van der Waals surface area contributed by atoms with E-state index >= 15 is 0 Å². The fourth-order valence-electron chi connectivity index (χ4n) is 3.92. The number of aromatic hydroxyl groups is 1. The predicted octanol–water partition coefficient (Wildman–Crippen LogP) is 7.21. The van der Waals surface area contributed by atoms with Crippen LogP contribution in [-0.4, -0.2) is 22.9 Å². The highest BCUT2D eigenvalue weighted by Gasteiger charge is 2.18. The molecule has 1 N–H and O–H groups in total. The molecule has 0 bridgehead atoms. The van der Waals surface area contributed by atoms with Crippen LogP contribution in [0.1, 0.15) is 97.8 Å². The van der Waals surface area contributed by atoms with E-state index in [4.69, 9.17) is 9.47 Å². The van der Waals surface area contributed by atoms with Gasteiger partial charge in [0, 0.05) is 18.0 Å². The van der Waals surface area contributed by atoms with E-state index in [0.29, 0.717) is 25.1 Å². The third kappa shape index (κ3) is 7.75. The fraction of sp³-hybridized carbons (Fsp3) is 0.667.